The molecule has 0 saturated carbocycles. The normalized spacial score (nSPS) is 9.79. The van der Waals surface area contributed by atoms with Gasteiger partial charge in [-0.2, -0.15) is 0 Å². The van der Waals surface area contributed by atoms with Gasteiger partial charge in [0.1, 0.15) is 0 Å². The second kappa shape index (κ2) is 6.91. The Labute approximate surface area is 131 Å². The van der Waals surface area contributed by atoms with Crippen LogP contribution < -0.4 is 24.0 Å². The quantitative estimate of drug-likeness (QED) is 0.462. The van der Waals surface area contributed by atoms with E-state index >= 15 is 0 Å². The van der Waals surface area contributed by atoms with Crippen molar-refractivity contribution in [2.75, 3.05) is 0 Å². The molecule has 0 bridgehead atoms. The fourth-order valence-corrected chi connectivity index (χ4v) is 2.16. The average Bonchev–Trinajstić information content (AvgIpc) is 2.39. The standard InChI is InChI=1S/C16H16OS.Li/c1-3-12-9-14(13-7-5-4-6-8-13)10-15(11(2)18)16(12)17;/h4-10,17H,3H2,1-2H3;/q;+1/p-1. The first-order valence-electron chi connectivity index (χ1n) is 6.03. The molecule has 0 amide bonds. The van der Waals surface area contributed by atoms with Gasteiger partial charge < -0.3 is 5.11 Å². The molecule has 0 heterocycles. The van der Waals surface area contributed by atoms with E-state index in [2.05, 4.69) is 0 Å². The van der Waals surface area contributed by atoms with Crippen LogP contribution in [-0.2, 0) is 6.42 Å². The minimum atomic E-state index is 0. The van der Waals surface area contributed by atoms with Gasteiger partial charge in [0.15, 0.2) is 0 Å². The maximum absolute atomic E-state index is 12.1. The van der Waals surface area contributed by atoms with Crippen molar-refractivity contribution < 1.29 is 24.0 Å². The second-order valence-corrected chi connectivity index (χ2v) is 4.90. The Morgan fingerprint density at radius 3 is 2.26 bits per heavy atom. The molecule has 0 saturated heterocycles. The van der Waals surface area contributed by atoms with Crippen LogP contribution in [0.15, 0.2) is 42.5 Å². The Morgan fingerprint density at radius 1 is 1.11 bits per heavy atom. The Balaban J connectivity index is 0.00000180. The second-order valence-electron chi connectivity index (χ2n) is 4.29. The molecule has 0 N–H and O–H groups in total. The van der Waals surface area contributed by atoms with Crippen LogP contribution >= 0.6 is 12.2 Å². The Kier molecular flexibility index (Phi) is 5.81. The van der Waals surface area contributed by atoms with E-state index in [0.717, 1.165) is 23.1 Å². The van der Waals surface area contributed by atoms with Crippen LogP contribution in [0.25, 0.3) is 11.1 Å². The van der Waals surface area contributed by atoms with Crippen molar-refractivity contribution >= 4 is 17.1 Å². The third-order valence-electron chi connectivity index (χ3n) is 3.03. The van der Waals surface area contributed by atoms with Crippen LogP contribution in [-0.4, -0.2) is 4.86 Å². The summed E-state index contributed by atoms with van der Waals surface area (Å²) in [7, 11) is 0. The average molecular weight is 262 g/mol. The zero-order valence-corrected chi connectivity index (χ0v) is 12.4. The fraction of sp³-hybridized carbons (Fsp3) is 0.188. The van der Waals surface area contributed by atoms with E-state index in [4.69, 9.17) is 12.2 Å². The van der Waals surface area contributed by atoms with E-state index in [1.807, 2.05) is 49.4 Å². The van der Waals surface area contributed by atoms with Crippen molar-refractivity contribution in [1.29, 1.82) is 0 Å². The Bertz CT molecular complexity index is 579. The third kappa shape index (κ3) is 3.48. The summed E-state index contributed by atoms with van der Waals surface area (Å²) in [5, 5.41) is 12.1. The molecule has 0 spiro atoms. The SMILES string of the molecule is CCc1cc(-c2ccccc2)cc(C(C)=S)c1[O-].[Li+]. The van der Waals surface area contributed by atoms with Gasteiger partial charge in [-0.05, 0) is 36.1 Å². The van der Waals surface area contributed by atoms with Crippen LogP contribution in [0.4, 0.5) is 0 Å². The van der Waals surface area contributed by atoms with Gasteiger partial charge in [-0.15, -0.1) is 0 Å². The summed E-state index contributed by atoms with van der Waals surface area (Å²) in [4.78, 5) is 0.660. The van der Waals surface area contributed by atoms with Gasteiger partial charge in [0.05, 0.1) is 0 Å². The van der Waals surface area contributed by atoms with Crippen molar-refractivity contribution in [2.24, 2.45) is 0 Å². The summed E-state index contributed by atoms with van der Waals surface area (Å²) in [6.07, 6.45) is 0.731. The molecule has 0 radical (unpaired) electrons. The molecule has 3 heteroatoms. The minimum Gasteiger partial charge on any atom is -0.872 e. The molecule has 0 aliphatic rings. The zero-order chi connectivity index (χ0) is 13.1. The maximum atomic E-state index is 12.1. The van der Waals surface area contributed by atoms with Gasteiger partial charge in [0, 0.05) is 4.86 Å². The van der Waals surface area contributed by atoms with E-state index in [1.165, 1.54) is 0 Å². The number of thiocarbonyl (C=S) groups is 1. The van der Waals surface area contributed by atoms with Crippen molar-refractivity contribution in [3.63, 3.8) is 0 Å². The molecule has 19 heavy (non-hydrogen) atoms. The molecule has 0 unspecified atom stereocenters. The summed E-state index contributed by atoms with van der Waals surface area (Å²) in [5.74, 6) is 0.0738. The summed E-state index contributed by atoms with van der Waals surface area (Å²) in [6.45, 7) is 3.80. The zero-order valence-electron chi connectivity index (χ0n) is 11.6. The van der Waals surface area contributed by atoms with E-state index in [1.54, 1.807) is 6.92 Å². The van der Waals surface area contributed by atoms with Gasteiger partial charge in [-0.1, -0.05) is 66.9 Å². The van der Waals surface area contributed by atoms with E-state index in [0.29, 0.717) is 10.4 Å². The van der Waals surface area contributed by atoms with Crippen molar-refractivity contribution in [1.82, 2.24) is 0 Å². The first-order valence-corrected chi connectivity index (χ1v) is 6.44. The predicted octanol–water partition coefficient (Wildman–Crippen LogP) is 0.731. The molecule has 1 nitrogen and oxygen atoms in total. The van der Waals surface area contributed by atoms with E-state index < -0.39 is 0 Å². The van der Waals surface area contributed by atoms with Crippen LogP contribution in [0.3, 0.4) is 0 Å². The summed E-state index contributed by atoms with van der Waals surface area (Å²) in [5.41, 5.74) is 3.66. The van der Waals surface area contributed by atoms with Crippen LogP contribution in [0.5, 0.6) is 5.75 Å². The summed E-state index contributed by atoms with van der Waals surface area (Å²) in [6, 6.07) is 13.9. The third-order valence-corrected chi connectivity index (χ3v) is 3.25. The maximum Gasteiger partial charge on any atom is 1.00 e. The van der Waals surface area contributed by atoms with Crippen LogP contribution in [0.1, 0.15) is 25.0 Å². The van der Waals surface area contributed by atoms with Crippen molar-refractivity contribution in [2.45, 2.75) is 20.3 Å². The smallest absolute Gasteiger partial charge is 0.872 e. The van der Waals surface area contributed by atoms with Gasteiger partial charge in [-0.3, -0.25) is 0 Å². The van der Waals surface area contributed by atoms with Crippen LogP contribution in [0, 0.1) is 0 Å². The Hall–Kier alpha value is -1.07. The number of benzene rings is 2. The largest absolute Gasteiger partial charge is 1.00 e. The number of rotatable bonds is 3. The van der Waals surface area contributed by atoms with Gasteiger partial charge in [0.2, 0.25) is 0 Å². The molecule has 0 atom stereocenters. The molecule has 0 aliphatic heterocycles. The minimum absolute atomic E-state index is 0. The molecule has 2 aromatic carbocycles. The van der Waals surface area contributed by atoms with Crippen LogP contribution in [0.2, 0.25) is 0 Å². The molecule has 0 aliphatic carbocycles. The van der Waals surface area contributed by atoms with Crippen molar-refractivity contribution in [3.8, 4) is 16.9 Å². The Morgan fingerprint density at radius 2 is 1.74 bits per heavy atom. The van der Waals surface area contributed by atoms with Crippen molar-refractivity contribution in [3.05, 3.63) is 53.6 Å². The topological polar surface area (TPSA) is 23.1 Å². The van der Waals surface area contributed by atoms with Gasteiger partial charge in [0.25, 0.3) is 0 Å². The van der Waals surface area contributed by atoms with E-state index in [9.17, 15) is 5.11 Å². The summed E-state index contributed by atoms with van der Waals surface area (Å²) >= 11 is 5.17. The molecular formula is C16H15LiOS. The number of hydrogen-bond acceptors (Lipinski definition) is 2. The molecule has 92 valence electrons. The molecule has 0 fully saturated rings. The predicted molar refractivity (Wildman–Crippen MR) is 78.1 cm³/mol. The first-order chi connectivity index (χ1) is 8.63. The first kappa shape index (κ1) is 16.0. The van der Waals surface area contributed by atoms with E-state index in [-0.39, 0.29) is 24.6 Å². The fourth-order valence-electron chi connectivity index (χ4n) is 2.01. The number of hydrogen-bond donors (Lipinski definition) is 0. The van der Waals surface area contributed by atoms with Gasteiger partial charge >= 0.3 is 18.9 Å². The molecule has 2 aromatic rings. The number of aryl methyl sites for hydroxylation is 1. The molecule has 0 aromatic heterocycles. The monoisotopic (exact) mass is 262 g/mol. The molecule has 2 rings (SSSR count). The summed E-state index contributed by atoms with van der Waals surface area (Å²) < 4.78 is 0. The molecular weight excluding hydrogens is 247 g/mol. The van der Waals surface area contributed by atoms with Gasteiger partial charge in [-0.25, -0.2) is 0 Å².